The van der Waals surface area contributed by atoms with Gasteiger partial charge in [-0.05, 0) is 0 Å². The van der Waals surface area contributed by atoms with Crippen molar-refractivity contribution in [3.63, 3.8) is 0 Å². The fourth-order valence-electron chi connectivity index (χ4n) is 0.479. The molecule has 0 aromatic carbocycles. The second-order valence-electron chi connectivity index (χ2n) is 2.45. The summed E-state index contributed by atoms with van der Waals surface area (Å²) >= 11 is 0. The predicted molar refractivity (Wildman–Crippen MR) is 63.8 cm³/mol. The van der Waals surface area contributed by atoms with Gasteiger partial charge in [-0.25, -0.2) is 4.57 Å². The van der Waals surface area contributed by atoms with Crippen LogP contribution in [0.25, 0.3) is 0 Å². The van der Waals surface area contributed by atoms with E-state index >= 15 is 0 Å². The van der Waals surface area contributed by atoms with Gasteiger partial charge in [0, 0.05) is 0 Å². The molecule has 1 unspecified atom stereocenters. The van der Waals surface area contributed by atoms with E-state index in [1.807, 2.05) is 0 Å². The Labute approximate surface area is 151 Å². The van der Waals surface area contributed by atoms with Crippen molar-refractivity contribution >= 4 is 89.0 Å². The fourth-order valence-corrected chi connectivity index (χ4v) is 1.09. The number of carbonyl (C=O) groups is 2. The van der Waals surface area contributed by atoms with Crippen molar-refractivity contribution in [2.24, 2.45) is 0 Å². The van der Waals surface area contributed by atoms with Crippen LogP contribution >= 0.6 is 7.82 Å². The van der Waals surface area contributed by atoms with Crippen LogP contribution in [0.3, 0.4) is 0 Å². The van der Waals surface area contributed by atoms with E-state index < -0.39 is 41.6 Å². The van der Waals surface area contributed by atoms with E-state index in [1.54, 1.807) is 0 Å². The molecular weight excluding hydrogens is 333 g/mol. The summed E-state index contributed by atoms with van der Waals surface area (Å²) in [6, 6.07) is 0. The Morgan fingerprint density at radius 2 is 1.32 bits per heavy atom. The summed E-state index contributed by atoms with van der Waals surface area (Å²) in [6.07, 6.45) is -1.16. The summed E-state index contributed by atoms with van der Waals surface area (Å²) in [6.45, 7) is 0. The molecule has 0 rings (SSSR count). The van der Waals surface area contributed by atoms with Crippen molar-refractivity contribution in [2.75, 3.05) is 0 Å². The van der Waals surface area contributed by atoms with Gasteiger partial charge in [-0.3, -0.25) is 14.1 Å². The average molecular weight is 344 g/mol. The first-order valence-electron chi connectivity index (χ1n) is 3.44. The fraction of sp³-hybridized carbons (Fsp3) is 0.500. The van der Waals surface area contributed by atoms with Gasteiger partial charge in [-0.15, -0.1) is 0 Å². The molecule has 6 N–H and O–H groups in total. The van der Waals surface area contributed by atoms with E-state index in [2.05, 4.69) is 0 Å². The second kappa shape index (κ2) is 11.6. The van der Waals surface area contributed by atoms with Gasteiger partial charge in [0.05, 0.1) is 6.42 Å². The molecule has 0 aromatic heterocycles. The Balaban J connectivity index is -0.000000139. The number of carboxylic acids is 2. The van der Waals surface area contributed by atoms with Gasteiger partial charge in [0.1, 0.15) is 0 Å². The molecular formula is C4H11Na2O11PS. The van der Waals surface area contributed by atoms with Crippen LogP contribution in [0.1, 0.15) is 6.42 Å². The normalized spacial score (nSPS) is 11.8. The molecule has 0 aliphatic heterocycles. The number of hydrogen-bond donors (Lipinski definition) is 6. The molecule has 0 heterocycles. The summed E-state index contributed by atoms with van der Waals surface area (Å²) in [5.74, 6) is -3.50. The summed E-state index contributed by atoms with van der Waals surface area (Å²) in [7, 11) is -9.48. The van der Waals surface area contributed by atoms with Gasteiger partial charge in [0.15, 0.2) is 5.25 Å². The molecule has 19 heavy (non-hydrogen) atoms. The summed E-state index contributed by atoms with van der Waals surface area (Å²) in [5, 5.41) is 13.9. The van der Waals surface area contributed by atoms with Crippen LogP contribution < -0.4 is 0 Å². The number of rotatable bonds is 4. The SMILES string of the molecule is O=C(O)CC(C(=O)O)S(=O)(=O)O.O=P(O)(O)O.[NaH].[NaH]. The first kappa shape index (κ1) is 28.2. The van der Waals surface area contributed by atoms with Gasteiger partial charge in [0.2, 0.25) is 0 Å². The molecule has 11 nitrogen and oxygen atoms in total. The van der Waals surface area contributed by atoms with Crippen LogP contribution in [-0.4, -0.2) is 114 Å². The molecule has 0 aromatic rings. The quantitative estimate of drug-likeness (QED) is 0.168. The molecule has 0 saturated carbocycles. The van der Waals surface area contributed by atoms with Crippen molar-refractivity contribution < 1.29 is 52.0 Å². The number of aliphatic carboxylic acids is 2. The van der Waals surface area contributed by atoms with Crippen molar-refractivity contribution in [3.05, 3.63) is 0 Å². The van der Waals surface area contributed by atoms with Crippen molar-refractivity contribution in [2.45, 2.75) is 11.7 Å². The van der Waals surface area contributed by atoms with E-state index in [4.69, 9.17) is 34.0 Å². The molecule has 0 bridgehead atoms. The monoisotopic (exact) mass is 344 g/mol. The zero-order valence-electron chi connectivity index (χ0n) is 7.86. The van der Waals surface area contributed by atoms with Crippen LogP contribution in [0.4, 0.5) is 0 Å². The standard InChI is InChI=1S/C4H6O7S.2Na.H3O4P.2H/c5-3(6)1-2(4(7)8)12(9,10)11;;;1-5(2,3)4;;/h2H,1H2,(H,5,6)(H,7,8)(H,9,10,11);;;(H3,1,2,3,4);;. The maximum atomic E-state index is 10.2. The first-order chi connectivity index (χ1) is 7.25. The van der Waals surface area contributed by atoms with Crippen LogP contribution in [0.15, 0.2) is 0 Å². The van der Waals surface area contributed by atoms with Gasteiger partial charge in [0.25, 0.3) is 10.1 Å². The Morgan fingerprint density at radius 3 is 1.37 bits per heavy atom. The van der Waals surface area contributed by atoms with E-state index in [-0.39, 0.29) is 59.1 Å². The predicted octanol–water partition coefficient (Wildman–Crippen LogP) is -3.42. The van der Waals surface area contributed by atoms with Crippen molar-refractivity contribution in [1.29, 1.82) is 0 Å². The van der Waals surface area contributed by atoms with Gasteiger partial charge in [-0.1, -0.05) is 0 Å². The van der Waals surface area contributed by atoms with E-state index in [0.29, 0.717) is 0 Å². The summed E-state index contributed by atoms with van der Waals surface area (Å²) < 4.78 is 37.5. The topological polar surface area (TPSA) is 207 Å². The average Bonchev–Trinajstić information content (AvgIpc) is 1.93. The third-order valence-corrected chi connectivity index (χ3v) is 2.08. The molecule has 15 heteroatoms. The second-order valence-corrected chi connectivity index (χ2v) is 5.08. The van der Waals surface area contributed by atoms with Gasteiger partial charge in [-0.2, -0.15) is 8.42 Å². The Hall–Kier alpha value is 0.960. The van der Waals surface area contributed by atoms with Crippen LogP contribution in [-0.2, 0) is 24.3 Å². The molecule has 106 valence electrons. The summed E-state index contributed by atoms with van der Waals surface area (Å²) in [5.41, 5.74) is 0. The van der Waals surface area contributed by atoms with Crippen molar-refractivity contribution in [3.8, 4) is 0 Å². The van der Waals surface area contributed by atoms with Crippen LogP contribution in [0.2, 0.25) is 0 Å². The zero-order valence-corrected chi connectivity index (χ0v) is 9.58. The van der Waals surface area contributed by atoms with Crippen LogP contribution in [0, 0.1) is 0 Å². The minimum atomic E-state index is -4.84. The minimum absolute atomic E-state index is 0. The van der Waals surface area contributed by atoms with Crippen molar-refractivity contribution in [1.82, 2.24) is 0 Å². The molecule has 0 aliphatic carbocycles. The zero-order chi connectivity index (χ0) is 14.4. The van der Waals surface area contributed by atoms with E-state index in [9.17, 15) is 18.0 Å². The molecule has 0 saturated heterocycles. The molecule has 0 fully saturated rings. The molecule has 0 amide bonds. The third kappa shape index (κ3) is 24.4. The van der Waals surface area contributed by atoms with Gasteiger partial charge < -0.3 is 24.9 Å². The van der Waals surface area contributed by atoms with E-state index in [1.165, 1.54) is 0 Å². The molecule has 0 radical (unpaired) electrons. The van der Waals surface area contributed by atoms with Crippen LogP contribution in [0.5, 0.6) is 0 Å². The maximum absolute atomic E-state index is 10.2. The molecule has 1 atom stereocenters. The Bertz CT molecular complexity index is 418. The first-order valence-corrected chi connectivity index (χ1v) is 6.51. The third-order valence-electron chi connectivity index (χ3n) is 0.995. The van der Waals surface area contributed by atoms with E-state index in [0.717, 1.165) is 0 Å². The van der Waals surface area contributed by atoms with Gasteiger partial charge >= 0.3 is 78.9 Å². The molecule has 0 aliphatic rings. The molecule has 0 spiro atoms. The number of carboxylic acid groups (broad SMARTS) is 2. The Kier molecular flexibility index (Phi) is 17.2. The summed E-state index contributed by atoms with van der Waals surface area (Å²) in [4.78, 5) is 41.6. The number of phosphoric acid groups is 1. The Morgan fingerprint density at radius 1 is 1.05 bits per heavy atom. The number of hydrogen-bond acceptors (Lipinski definition) is 5.